The Hall–Kier alpha value is -0.850. The number of fused-ring (bicyclic) bond motifs is 1. The van der Waals surface area contributed by atoms with Crippen molar-refractivity contribution in [1.82, 2.24) is 4.98 Å². The highest BCUT2D eigenvalue weighted by Crippen LogP contribution is 2.46. The van der Waals surface area contributed by atoms with Gasteiger partial charge in [0, 0.05) is 34.3 Å². The van der Waals surface area contributed by atoms with Gasteiger partial charge < -0.3 is 11.1 Å². The summed E-state index contributed by atoms with van der Waals surface area (Å²) in [5, 5.41) is 6.76. The Morgan fingerprint density at radius 1 is 1.28 bits per heavy atom. The number of nitrogens with two attached hydrogens (primary N) is 1. The molecule has 1 saturated carbocycles. The number of thiophene rings is 2. The van der Waals surface area contributed by atoms with Gasteiger partial charge in [-0.15, -0.1) is 22.7 Å². The quantitative estimate of drug-likeness (QED) is 0.497. The number of rotatable bonds is 4. The second kappa shape index (κ2) is 7.41. The highest BCUT2D eigenvalue weighted by molar-refractivity contribution is 7.20. The second-order valence-electron chi connectivity index (χ2n) is 6.44. The number of halogens is 2. The number of hydrogen-bond donors (Lipinski definition) is 2. The van der Waals surface area contributed by atoms with Crippen LogP contribution < -0.4 is 11.1 Å². The Kier molecular flexibility index (Phi) is 5.20. The summed E-state index contributed by atoms with van der Waals surface area (Å²) >= 11 is 16.4. The molecular formula is C18H19Cl2N3S2. The lowest BCUT2D eigenvalue weighted by atomic mass is 9.84. The van der Waals surface area contributed by atoms with Gasteiger partial charge in [0.25, 0.3) is 0 Å². The average Bonchev–Trinajstić information content (AvgIpc) is 3.22. The van der Waals surface area contributed by atoms with Gasteiger partial charge in [-0.3, -0.25) is 0 Å². The highest BCUT2D eigenvalue weighted by Gasteiger charge is 2.29. The van der Waals surface area contributed by atoms with Gasteiger partial charge in [-0.25, -0.2) is 4.98 Å². The van der Waals surface area contributed by atoms with E-state index in [9.17, 15) is 0 Å². The fourth-order valence-corrected chi connectivity index (χ4v) is 6.10. The van der Waals surface area contributed by atoms with Crippen molar-refractivity contribution in [3.05, 3.63) is 43.5 Å². The Bertz CT molecular complexity index is 876. The molecule has 0 unspecified atom stereocenters. The van der Waals surface area contributed by atoms with E-state index in [-0.39, 0.29) is 6.04 Å². The maximum Gasteiger partial charge on any atom is 0.131 e. The zero-order valence-electron chi connectivity index (χ0n) is 13.6. The predicted molar refractivity (Wildman–Crippen MR) is 110 cm³/mol. The molecule has 0 aliphatic heterocycles. The molecule has 0 saturated heterocycles. The third-order valence-electron chi connectivity index (χ3n) is 4.77. The number of nitrogens with one attached hydrogen (secondary N) is 1. The van der Waals surface area contributed by atoms with Crippen molar-refractivity contribution in [3.8, 4) is 0 Å². The van der Waals surface area contributed by atoms with Crippen LogP contribution in [0.2, 0.25) is 10.2 Å². The lowest BCUT2D eigenvalue weighted by Gasteiger charge is -2.27. The first-order chi connectivity index (χ1) is 12.1. The smallest absolute Gasteiger partial charge is 0.131 e. The van der Waals surface area contributed by atoms with Crippen molar-refractivity contribution < 1.29 is 0 Å². The lowest BCUT2D eigenvalue weighted by molar-refractivity contribution is 0.389. The van der Waals surface area contributed by atoms with Crippen LogP contribution in [0.5, 0.6) is 0 Å². The van der Waals surface area contributed by atoms with Gasteiger partial charge >= 0.3 is 0 Å². The zero-order valence-corrected chi connectivity index (χ0v) is 16.7. The number of pyridine rings is 1. The van der Waals surface area contributed by atoms with Gasteiger partial charge in [0.05, 0.1) is 15.4 Å². The van der Waals surface area contributed by atoms with E-state index in [2.05, 4.69) is 27.8 Å². The topological polar surface area (TPSA) is 50.9 Å². The van der Waals surface area contributed by atoms with Crippen LogP contribution in [0.4, 0.5) is 5.69 Å². The van der Waals surface area contributed by atoms with E-state index in [1.54, 1.807) is 22.7 Å². The van der Waals surface area contributed by atoms with Crippen LogP contribution in [0.15, 0.2) is 23.6 Å². The first-order valence-electron chi connectivity index (χ1n) is 8.43. The Morgan fingerprint density at radius 3 is 2.88 bits per heavy atom. The van der Waals surface area contributed by atoms with Crippen LogP contribution in [-0.4, -0.2) is 11.0 Å². The largest absolute Gasteiger partial charge is 0.379 e. The number of hydrogen-bond acceptors (Lipinski definition) is 5. The summed E-state index contributed by atoms with van der Waals surface area (Å²) < 4.78 is 1.07. The normalized spacial score (nSPS) is 20.9. The summed E-state index contributed by atoms with van der Waals surface area (Å²) in [5.41, 5.74) is 8.16. The van der Waals surface area contributed by atoms with Crippen molar-refractivity contribution in [3.63, 3.8) is 0 Å². The van der Waals surface area contributed by atoms with E-state index in [0.29, 0.717) is 11.1 Å². The number of nitrogens with zero attached hydrogens (tertiary/aromatic N) is 1. The summed E-state index contributed by atoms with van der Waals surface area (Å²) in [6, 6.07) is 6.24. The maximum atomic E-state index is 6.71. The minimum atomic E-state index is 0.178. The van der Waals surface area contributed by atoms with Gasteiger partial charge in [-0.2, -0.15) is 0 Å². The van der Waals surface area contributed by atoms with E-state index in [4.69, 9.17) is 28.9 Å². The van der Waals surface area contributed by atoms with Gasteiger partial charge in [0.1, 0.15) is 10.7 Å². The summed E-state index contributed by atoms with van der Waals surface area (Å²) in [6.45, 7) is 0.765. The van der Waals surface area contributed by atoms with Crippen LogP contribution in [0.25, 0.3) is 10.2 Å². The van der Waals surface area contributed by atoms with Gasteiger partial charge in [0.15, 0.2) is 0 Å². The van der Waals surface area contributed by atoms with E-state index < -0.39 is 0 Å². The molecule has 0 radical (unpaired) electrons. The van der Waals surface area contributed by atoms with E-state index in [0.717, 1.165) is 45.2 Å². The van der Waals surface area contributed by atoms with Crippen molar-refractivity contribution in [2.45, 2.75) is 44.2 Å². The molecule has 3 aromatic rings. The SMILES string of the molecule is N[C@@H]1CCCC[C@H]1c1sc2c(NCc3cccs3)cc(Cl)nc2c1Cl. The molecule has 0 bridgehead atoms. The van der Waals surface area contributed by atoms with Crippen LogP contribution in [-0.2, 0) is 6.54 Å². The highest BCUT2D eigenvalue weighted by atomic mass is 35.5. The number of anilines is 1. The minimum absolute atomic E-state index is 0.178. The molecule has 1 aliphatic carbocycles. The molecule has 3 aromatic heterocycles. The van der Waals surface area contributed by atoms with E-state index >= 15 is 0 Å². The lowest BCUT2D eigenvalue weighted by Crippen LogP contribution is -2.30. The molecule has 0 spiro atoms. The standard InChI is InChI=1S/C18H19Cl2N3S2/c19-14-8-13(22-9-10-4-3-7-24-10)18-16(23-14)15(20)17(25-18)11-5-1-2-6-12(11)21/h3-4,7-8,11-12H,1-2,5-6,9,21H2,(H,22,23)/t11-,12-/m1/s1. The fourth-order valence-electron chi connectivity index (χ4n) is 3.48. The summed E-state index contributed by atoms with van der Waals surface area (Å²) in [7, 11) is 0. The minimum Gasteiger partial charge on any atom is -0.379 e. The molecule has 1 aliphatic rings. The first-order valence-corrected chi connectivity index (χ1v) is 10.9. The van der Waals surface area contributed by atoms with Crippen molar-refractivity contribution >= 4 is 61.8 Å². The Labute approximate surface area is 165 Å². The van der Waals surface area contributed by atoms with Gasteiger partial charge in [-0.1, -0.05) is 42.1 Å². The Balaban J connectivity index is 1.72. The summed E-state index contributed by atoms with van der Waals surface area (Å²) in [4.78, 5) is 6.93. The van der Waals surface area contributed by atoms with E-state index in [1.165, 1.54) is 17.7 Å². The third-order valence-corrected chi connectivity index (χ3v) is 7.68. The molecule has 0 amide bonds. The van der Waals surface area contributed by atoms with Crippen LogP contribution in [0.1, 0.15) is 41.4 Å². The molecule has 7 heteroatoms. The van der Waals surface area contributed by atoms with Crippen LogP contribution >= 0.6 is 45.9 Å². The fraction of sp³-hybridized carbons (Fsp3) is 0.389. The Morgan fingerprint density at radius 2 is 2.12 bits per heavy atom. The molecule has 0 aromatic carbocycles. The maximum absolute atomic E-state index is 6.71. The molecule has 132 valence electrons. The molecular weight excluding hydrogens is 393 g/mol. The third kappa shape index (κ3) is 3.53. The molecule has 3 heterocycles. The van der Waals surface area contributed by atoms with E-state index in [1.807, 2.05) is 6.07 Å². The monoisotopic (exact) mass is 411 g/mol. The summed E-state index contributed by atoms with van der Waals surface area (Å²) in [5.74, 6) is 0.323. The number of aromatic nitrogens is 1. The van der Waals surface area contributed by atoms with Crippen LogP contribution in [0, 0.1) is 0 Å². The van der Waals surface area contributed by atoms with Crippen molar-refractivity contribution in [2.75, 3.05) is 5.32 Å². The van der Waals surface area contributed by atoms with Gasteiger partial charge in [-0.05, 0) is 24.3 Å². The predicted octanol–water partition coefficient (Wildman–Crippen LogP) is 6.26. The summed E-state index contributed by atoms with van der Waals surface area (Å²) in [6.07, 6.45) is 4.57. The van der Waals surface area contributed by atoms with Gasteiger partial charge in [0.2, 0.25) is 0 Å². The molecule has 4 rings (SSSR count). The molecule has 2 atom stereocenters. The second-order valence-corrected chi connectivity index (χ2v) is 9.29. The zero-order chi connectivity index (χ0) is 17.4. The molecule has 1 fully saturated rings. The molecule has 3 nitrogen and oxygen atoms in total. The van der Waals surface area contributed by atoms with Crippen LogP contribution in [0.3, 0.4) is 0 Å². The van der Waals surface area contributed by atoms with Crippen molar-refractivity contribution in [1.29, 1.82) is 0 Å². The average molecular weight is 412 g/mol. The first kappa shape index (κ1) is 17.6. The molecule has 25 heavy (non-hydrogen) atoms. The molecule has 3 N–H and O–H groups in total. The van der Waals surface area contributed by atoms with Crippen molar-refractivity contribution in [2.24, 2.45) is 5.73 Å².